The van der Waals surface area contributed by atoms with Crippen molar-refractivity contribution in [1.29, 1.82) is 0 Å². The van der Waals surface area contributed by atoms with Gasteiger partial charge in [-0.3, -0.25) is 4.79 Å². The lowest BCUT2D eigenvalue weighted by atomic mass is 9.86. The lowest BCUT2D eigenvalue weighted by molar-refractivity contribution is 0.112. The summed E-state index contributed by atoms with van der Waals surface area (Å²) >= 11 is 1.72. The van der Waals surface area contributed by atoms with E-state index in [2.05, 4.69) is 65.4 Å². The standard InChI is InChI=1S/C25H16OS/c26-15-17-9-11-18(12-10-17)24-20-5-1-3-7-22(20)25(19-13-14-27-16-19)23-8-4-2-6-21(23)24/h1-16H. The molecule has 0 saturated carbocycles. The first-order valence-corrected chi connectivity index (χ1v) is 9.83. The lowest BCUT2D eigenvalue weighted by Crippen LogP contribution is -1.90. The van der Waals surface area contributed by atoms with Gasteiger partial charge in [-0.1, -0.05) is 72.8 Å². The van der Waals surface area contributed by atoms with Crippen LogP contribution in [0.4, 0.5) is 0 Å². The van der Waals surface area contributed by atoms with E-state index in [1.165, 1.54) is 38.2 Å². The average molecular weight is 364 g/mol. The topological polar surface area (TPSA) is 17.1 Å². The quantitative estimate of drug-likeness (QED) is 0.244. The third-order valence-electron chi connectivity index (χ3n) is 5.08. The molecule has 0 bridgehead atoms. The minimum absolute atomic E-state index is 0.697. The van der Waals surface area contributed by atoms with Crippen LogP contribution in [0.15, 0.2) is 89.6 Å². The molecule has 5 aromatic rings. The maximum absolute atomic E-state index is 11.1. The molecule has 0 saturated heterocycles. The zero-order valence-corrected chi connectivity index (χ0v) is 15.4. The van der Waals surface area contributed by atoms with Crippen molar-refractivity contribution in [3.05, 3.63) is 95.2 Å². The van der Waals surface area contributed by atoms with Gasteiger partial charge in [-0.15, -0.1) is 0 Å². The fraction of sp³-hybridized carbons (Fsp3) is 0. The van der Waals surface area contributed by atoms with E-state index in [-0.39, 0.29) is 0 Å². The Balaban J connectivity index is 1.96. The highest BCUT2D eigenvalue weighted by molar-refractivity contribution is 7.08. The van der Waals surface area contributed by atoms with Gasteiger partial charge in [0.1, 0.15) is 6.29 Å². The molecule has 0 radical (unpaired) electrons. The first kappa shape index (κ1) is 16.0. The van der Waals surface area contributed by atoms with E-state index >= 15 is 0 Å². The van der Waals surface area contributed by atoms with Crippen LogP contribution in [0.2, 0.25) is 0 Å². The number of carbonyl (C=O) groups excluding carboxylic acids is 1. The minimum atomic E-state index is 0.697. The Morgan fingerprint density at radius 2 is 1.11 bits per heavy atom. The number of fused-ring (bicyclic) bond motifs is 2. The number of carbonyl (C=O) groups is 1. The van der Waals surface area contributed by atoms with Gasteiger partial charge in [0.15, 0.2) is 0 Å². The van der Waals surface area contributed by atoms with Crippen LogP contribution < -0.4 is 0 Å². The predicted molar refractivity (Wildman–Crippen MR) is 116 cm³/mol. The maximum atomic E-state index is 11.1. The number of rotatable bonds is 3. The molecule has 1 heterocycles. The van der Waals surface area contributed by atoms with Crippen LogP contribution >= 0.6 is 11.3 Å². The zero-order chi connectivity index (χ0) is 18.2. The summed E-state index contributed by atoms with van der Waals surface area (Å²) in [7, 11) is 0. The molecular formula is C25H16OS. The summed E-state index contributed by atoms with van der Waals surface area (Å²) in [5.74, 6) is 0. The highest BCUT2D eigenvalue weighted by atomic mass is 32.1. The summed E-state index contributed by atoms with van der Waals surface area (Å²) in [6, 6.07) is 27.3. The lowest BCUT2D eigenvalue weighted by Gasteiger charge is -2.17. The van der Waals surface area contributed by atoms with Crippen molar-refractivity contribution in [1.82, 2.24) is 0 Å². The van der Waals surface area contributed by atoms with Crippen LogP contribution in [0.5, 0.6) is 0 Å². The van der Waals surface area contributed by atoms with Crippen LogP contribution in [0.25, 0.3) is 43.8 Å². The molecule has 0 aliphatic heterocycles. The molecule has 1 nitrogen and oxygen atoms in total. The Morgan fingerprint density at radius 1 is 0.593 bits per heavy atom. The van der Waals surface area contributed by atoms with Crippen molar-refractivity contribution in [2.75, 3.05) is 0 Å². The molecule has 2 heteroatoms. The Hall–Kier alpha value is -3.23. The van der Waals surface area contributed by atoms with Crippen molar-refractivity contribution in [2.45, 2.75) is 0 Å². The van der Waals surface area contributed by atoms with Gasteiger partial charge in [0.05, 0.1) is 0 Å². The number of aldehydes is 1. The predicted octanol–water partition coefficient (Wildman–Crippen LogP) is 7.20. The van der Waals surface area contributed by atoms with Gasteiger partial charge in [0, 0.05) is 5.56 Å². The second kappa shape index (κ2) is 6.49. The summed E-state index contributed by atoms with van der Waals surface area (Å²) < 4.78 is 0. The summed E-state index contributed by atoms with van der Waals surface area (Å²) in [5.41, 5.74) is 5.59. The van der Waals surface area contributed by atoms with Gasteiger partial charge in [0.25, 0.3) is 0 Å². The fourth-order valence-electron chi connectivity index (χ4n) is 3.89. The van der Waals surface area contributed by atoms with Crippen molar-refractivity contribution in [3.63, 3.8) is 0 Å². The molecule has 0 N–H and O–H groups in total. The molecule has 5 rings (SSSR count). The molecule has 27 heavy (non-hydrogen) atoms. The van der Waals surface area contributed by atoms with Crippen molar-refractivity contribution < 1.29 is 4.79 Å². The molecule has 0 spiro atoms. The van der Waals surface area contributed by atoms with Gasteiger partial charge < -0.3 is 0 Å². The van der Waals surface area contributed by atoms with E-state index in [4.69, 9.17) is 0 Å². The van der Waals surface area contributed by atoms with Crippen LogP contribution in [0.1, 0.15) is 10.4 Å². The van der Waals surface area contributed by atoms with Gasteiger partial charge in [-0.25, -0.2) is 0 Å². The van der Waals surface area contributed by atoms with Gasteiger partial charge in [-0.05, 0) is 60.6 Å². The Morgan fingerprint density at radius 3 is 1.56 bits per heavy atom. The SMILES string of the molecule is O=Cc1ccc(-c2c3ccccc3c(-c3ccsc3)c3ccccc23)cc1. The van der Waals surface area contributed by atoms with E-state index < -0.39 is 0 Å². The van der Waals surface area contributed by atoms with E-state index in [1.54, 1.807) is 11.3 Å². The fourth-order valence-corrected chi connectivity index (χ4v) is 4.53. The van der Waals surface area contributed by atoms with Gasteiger partial charge in [-0.2, -0.15) is 11.3 Å². The number of benzene rings is 4. The Labute approximate surface area is 161 Å². The van der Waals surface area contributed by atoms with E-state index in [0.717, 1.165) is 11.8 Å². The summed E-state index contributed by atoms with van der Waals surface area (Å²) in [6.07, 6.45) is 0.889. The number of thiophene rings is 1. The normalized spacial score (nSPS) is 11.1. The molecule has 0 aliphatic rings. The third kappa shape index (κ3) is 2.57. The molecule has 4 aromatic carbocycles. The molecule has 0 atom stereocenters. The summed E-state index contributed by atoms with van der Waals surface area (Å²) in [5, 5.41) is 9.32. The van der Waals surface area contributed by atoms with Gasteiger partial charge in [0.2, 0.25) is 0 Å². The smallest absolute Gasteiger partial charge is 0.150 e. The van der Waals surface area contributed by atoms with Crippen molar-refractivity contribution in [3.8, 4) is 22.3 Å². The number of hydrogen-bond acceptors (Lipinski definition) is 2. The Kier molecular flexibility index (Phi) is 3.84. The minimum Gasteiger partial charge on any atom is -0.298 e. The Bertz CT molecular complexity index is 1210. The van der Waals surface area contributed by atoms with E-state index in [1.807, 2.05) is 24.3 Å². The van der Waals surface area contributed by atoms with Crippen LogP contribution in [-0.2, 0) is 0 Å². The first-order chi connectivity index (χ1) is 13.4. The summed E-state index contributed by atoms with van der Waals surface area (Å²) in [4.78, 5) is 11.1. The van der Waals surface area contributed by atoms with Crippen molar-refractivity contribution in [2.24, 2.45) is 0 Å². The summed E-state index contributed by atoms with van der Waals surface area (Å²) in [6.45, 7) is 0. The molecule has 128 valence electrons. The highest BCUT2D eigenvalue weighted by Crippen LogP contribution is 2.43. The zero-order valence-electron chi connectivity index (χ0n) is 14.6. The molecule has 0 unspecified atom stereocenters. The van der Waals surface area contributed by atoms with Crippen LogP contribution in [0.3, 0.4) is 0 Å². The molecule has 1 aromatic heterocycles. The highest BCUT2D eigenvalue weighted by Gasteiger charge is 2.16. The second-order valence-electron chi connectivity index (χ2n) is 6.59. The monoisotopic (exact) mass is 364 g/mol. The number of hydrogen-bond donors (Lipinski definition) is 0. The van der Waals surface area contributed by atoms with Gasteiger partial charge >= 0.3 is 0 Å². The maximum Gasteiger partial charge on any atom is 0.150 e. The van der Waals surface area contributed by atoms with Crippen molar-refractivity contribution >= 4 is 39.2 Å². The molecule has 0 fully saturated rings. The van der Waals surface area contributed by atoms with E-state index in [9.17, 15) is 4.79 Å². The van der Waals surface area contributed by atoms with E-state index in [0.29, 0.717) is 5.56 Å². The first-order valence-electron chi connectivity index (χ1n) is 8.88. The second-order valence-corrected chi connectivity index (χ2v) is 7.37. The molecular weight excluding hydrogens is 348 g/mol. The molecule has 0 amide bonds. The largest absolute Gasteiger partial charge is 0.298 e. The third-order valence-corrected chi connectivity index (χ3v) is 5.76. The molecule has 0 aliphatic carbocycles. The average Bonchev–Trinajstić information content (AvgIpc) is 3.26. The van der Waals surface area contributed by atoms with Crippen LogP contribution in [0, 0.1) is 0 Å². The van der Waals surface area contributed by atoms with Crippen LogP contribution in [-0.4, -0.2) is 6.29 Å².